The molecule has 0 unspecified atom stereocenters. The molecule has 1 heterocycles. The van der Waals surface area contributed by atoms with Gasteiger partial charge in [0.25, 0.3) is 0 Å². The normalized spacial score (nSPS) is 13.9. The van der Waals surface area contributed by atoms with Gasteiger partial charge < -0.3 is 24.6 Å². The van der Waals surface area contributed by atoms with Crippen molar-refractivity contribution in [3.63, 3.8) is 0 Å². The summed E-state index contributed by atoms with van der Waals surface area (Å²) < 4.78 is 10.7. The van der Waals surface area contributed by atoms with Gasteiger partial charge in [-0.2, -0.15) is 0 Å². The lowest BCUT2D eigenvalue weighted by Crippen LogP contribution is -2.50. The van der Waals surface area contributed by atoms with E-state index in [1.165, 1.54) is 14.0 Å². The van der Waals surface area contributed by atoms with Crippen molar-refractivity contribution in [2.24, 2.45) is 0 Å². The van der Waals surface area contributed by atoms with Crippen LogP contribution in [0.15, 0.2) is 18.2 Å². The first kappa shape index (κ1) is 20.5. The smallest absolute Gasteiger partial charge is 0.224 e. The van der Waals surface area contributed by atoms with E-state index >= 15 is 0 Å². The Labute approximate surface area is 159 Å². The molecule has 27 heavy (non-hydrogen) atoms. The second kappa shape index (κ2) is 9.80. The van der Waals surface area contributed by atoms with Crippen molar-refractivity contribution in [3.05, 3.63) is 18.2 Å². The third-order valence-electron chi connectivity index (χ3n) is 4.39. The summed E-state index contributed by atoms with van der Waals surface area (Å²) >= 11 is 0. The summed E-state index contributed by atoms with van der Waals surface area (Å²) in [4.78, 5) is 39.1. The van der Waals surface area contributed by atoms with Gasteiger partial charge >= 0.3 is 0 Å². The van der Waals surface area contributed by atoms with Gasteiger partial charge in [0.05, 0.1) is 13.7 Å². The molecule has 0 aliphatic carbocycles. The number of nitrogens with zero attached hydrogens (tertiary/aromatic N) is 2. The minimum absolute atomic E-state index is 0.0206. The average Bonchev–Trinajstić information content (AvgIpc) is 2.67. The average molecular weight is 377 g/mol. The highest BCUT2D eigenvalue weighted by Crippen LogP contribution is 2.30. The van der Waals surface area contributed by atoms with Crippen LogP contribution in [0.4, 0.5) is 5.69 Å². The van der Waals surface area contributed by atoms with Crippen molar-refractivity contribution in [3.8, 4) is 11.5 Å². The Bertz CT molecular complexity index is 684. The van der Waals surface area contributed by atoms with Crippen LogP contribution in [0.2, 0.25) is 0 Å². The number of methoxy groups -OCH3 is 1. The van der Waals surface area contributed by atoms with Crippen LogP contribution in [0.5, 0.6) is 11.5 Å². The van der Waals surface area contributed by atoms with Gasteiger partial charge in [0.2, 0.25) is 17.7 Å². The van der Waals surface area contributed by atoms with Gasteiger partial charge in [-0.05, 0) is 19.1 Å². The molecule has 0 spiro atoms. The predicted molar refractivity (Wildman–Crippen MR) is 101 cm³/mol. The molecular weight excluding hydrogens is 350 g/mol. The number of hydrogen-bond donors (Lipinski definition) is 1. The van der Waals surface area contributed by atoms with Crippen LogP contribution in [0.25, 0.3) is 0 Å². The molecular formula is C19H27N3O5. The maximum atomic E-state index is 12.3. The van der Waals surface area contributed by atoms with Gasteiger partial charge in [-0.1, -0.05) is 0 Å². The summed E-state index contributed by atoms with van der Waals surface area (Å²) in [5.41, 5.74) is 0.586. The van der Waals surface area contributed by atoms with Crippen molar-refractivity contribution in [1.29, 1.82) is 0 Å². The lowest BCUT2D eigenvalue weighted by Gasteiger charge is -2.34. The quantitative estimate of drug-likeness (QED) is 0.778. The highest BCUT2D eigenvalue weighted by molar-refractivity contribution is 5.93. The van der Waals surface area contributed by atoms with E-state index in [1.54, 1.807) is 28.0 Å². The number of rotatable bonds is 7. The van der Waals surface area contributed by atoms with Crippen LogP contribution in [-0.4, -0.2) is 67.4 Å². The molecule has 0 aromatic heterocycles. The molecule has 0 atom stereocenters. The van der Waals surface area contributed by atoms with Crippen molar-refractivity contribution >= 4 is 23.4 Å². The van der Waals surface area contributed by atoms with E-state index in [1.807, 2.05) is 6.92 Å². The van der Waals surface area contributed by atoms with Crippen molar-refractivity contribution in [2.45, 2.75) is 26.7 Å². The Hall–Kier alpha value is -2.77. The van der Waals surface area contributed by atoms with E-state index in [0.29, 0.717) is 50.0 Å². The maximum absolute atomic E-state index is 12.3. The number of hydrogen-bond acceptors (Lipinski definition) is 5. The second-order valence-corrected chi connectivity index (χ2v) is 6.23. The summed E-state index contributed by atoms with van der Waals surface area (Å²) in [6.07, 6.45) is 0.237. The molecule has 0 saturated carbocycles. The molecule has 0 bridgehead atoms. The Balaban J connectivity index is 1.80. The molecule has 1 fully saturated rings. The molecule has 0 radical (unpaired) electrons. The molecule has 1 aliphatic heterocycles. The van der Waals surface area contributed by atoms with Crippen LogP contribution in [0, 0.1) is 0 Å². The van der Waals surface area contributed by atoms with Crippen LogP contribution in [0.3, 0.4) is 0 Å². The fourth-order valence-corrected chi connectivity index (χ4v) is 2.89. The van der Waals surface area contributed by atoms with E-state index in [-0.39, 0.29) is 30.6 Å². The topological polar surface area (TPSA) is 88.2 Å². The summed E-state index contributed by atoms with van der Waals surface area (Å²) in [6, 6.07) is 5.15. The first-order chi connectivity index (χ1) is 12.9. The molecule has 1 aliphatic rings. The molecule has 148 valence electrons. The lowest BCUT2D eigenvalue weighted by molar-refractivity contribution is -0.138. The second-order valence-electron chi connectivity index (χ2n) is 6.23. The molecule has 1 saturated heterocycles. The molecule has 8 heteroatoms. The molecule has 1 aromatic carbocycles. The number of ether oxygens (including phenoxy) is 2. The molecule has 2 rings (SSSR count). The predicted octanol–water partition coefficient (Wildman–Crippen LogP) is 1.50. The highest BCUT2D eigenvalue weighted by Gasteiger charge is 2.22. The summed E-state index contributed by atoms with van der Waals surface area (Å²) in [6.45, 7) is 6.03. The Morgan fingerprint density at radius 2 is 1.70 bits per heavy atom. The summed E-state index contributed by atoms with van der Waals surface area (Å²) in [5.74, 6) is 0.855. The van der Waals surface area contributed by atoms with Crippen LogP contribution in [-0.2, 0) is 14.4 Å². The molecule has 1 aromatic rings. The lowest BCUT2D eigenvalue weighted by atomic mass is 10.2. The number of nitrogens with one attached hydrogen (secondary N) is 1. The zero-order chi connectivity index (χ0) is 19.8. The zero-order valence-electron chi connectivity index (χ0n) is 16.1. The SMILES string of the molecule is CCOc1ccc(NC(=O)CCC(=O)N2CCN(C(C)=O)CC2)cc1OC. The third kappa shape index (κ3) is 5.87. The zero-order valence-corrected chi connectivity index (χ0v) is 16.1. The van der Waals surface area contributed by atoms with Gasteiger partial charge in [0.15, 0.2) is 11.5 Å². The number of carbonyl (C=O) groups excluding carboxylic acids is 3. The van der Waals surface area contributed by atoms with Crippen molar-refractivity contribution in [1.82, 2.24) is 9.80 Å². The summed E-state index contributed by atoms with van der Waals surface area (Å²) in [5, 5.41) is 2.77. The van der Waals surface area contributed by atoms with Gasteiger partial charge in [-0.25, -0.2) is 0 Å². The fourth-order valence-electron chi connectivity index (χ4n) is 2.89. The van der Waals surface area contributed by atoms with Gasteiger partial charge in [0, 0.05) is 57.7 Å². The highest BCUT2D eigenvalue weighted by atomic mass is 16.5. The van der Waals surface area contributed by atoms with Crippen molar-refractivity contribution < 1.29 is 23.9 Å². The monoisotopic (exact) mass is 377 g/mol. The van der Waals surface area contributed by atoms with Crippen LogP contribution in [0.1, 0.15) is 26.7 Å². The molecule has 3 amide bonds. The van der Waals surface area contributed by atoms with Crippen LogP contribution >= 0.6 is 0 Å². The minimum Gasteiger partial charge on any atom is -0.493 e. The van der Waals surface area contributed by atoms with Crippen LogP contribution < -0.4 is 14.8 Å². The maximum Gasteiger partial charge on any atom is 0.224 e. The van der Waals surface area contributed by atoms with E-state index in [9.17, 15) is 14.4 Å². The first-order valence-electron chi connectivity index (χ1n) is 9.08. The number of piperazine rings is 1. The first-order valence-corrected chi connectivity index (χ1v) is 9.08. The number of amides is 3. The Morgan fingerprint density at radius 3 is 2.30 bits per heavy atom. The molecule has 8 nitrogen and oxygen atoms in total. The largest absolute Gasteiger partial charge is 0.493 e. The van der Waals surface area contributed by atoms with Crippen molar-refractivity contribution in [2.75, 3.05) is 45.2 Å². The van der Waals surface area contributed by atoms with E-state index < -0.39 is 0 Å². The standard InChI is InChI=1S/C19H27N3O5/c1-4-27-16-6-5-15(13-17(16)26-3)20-18(24)7-8-19(25)22-11-9-21(10-12-22)14(2)23/h5-6,13H,4,7-12H2,1-3H3,(H,20,24). The Morgan fingerprint density at radius 1 is 1.04 bits per heavy atom. The van der Waals surface area contributed by atoms with Gasteiger partial charge in [0.1, 0.15) is 0 Å². The van der Waals surface area contributed by atoms with Gasteiger partial charge in [-0.15, -0.1) is 0 Å². The number of carbonyl (C=O) groups is 3. The van der Waals surface area contributed by atoms with E-state index in [0.717, 1.165) is 0 Å². The number of benzene rings is 1. The molecule has 1 N–H and O–H groups in total. The minimum atomic E-state index is -0.239. The van der Waals surface area contributed by atoms with E-state index in [2.05, 4.69) is 5.32 Å². The summed E-state index contributed by atoms with van der Waals surface area (Å²) in [7, 11) is 1.54. The third-order valence-corrected chi connectivity index (χ3v) is 4.39. The van der Waals surface area contributed by atoms with Gasteiger partial charge in [-0.3, -0.25) is 14.4 Å². The Kier molecular flexibility index (Phi) is 7.45. The van der Waals surface area contributed by atoms with E-state index in [4.69, 9.17) is 9.47 Å². The number of anilines is 1. The fraction of sp³-hybridized carbons (Fsp3) is 0.526.